The molecule has 0 spiro atoms. The van der Waals surface area contributed by atoms with Gasteiger partial charge < -0.3 is 4.74 Å². The Morgan fingerprint density at radius 3 is 2.87 bits per heavy atom. The molecule has 6 nitrogen and oxygen atoms in total. The van der Waals surface area contributed by atoms with Gasteiger partial charge in [-0.15, -0.1) is 0 Å². The molecule has 1 rings (SSSR count). The number of hydrogen-bond donors (Lipinski definition) is 1. The van der Waals surface area contributed by atoms with Crippen molar-refractivity contribution in [1.29, 1.82) is 0 Å². The summed E-state index contributed by atoms with van der Waals surface area (Å²) in [6, 6.07) is -0.811. The highest BCUT2D eigenvalue weighted by Gasteiger charge is 2.24. The van der Waals surface area contributed by atoms with Crippen LogP contribution in [-0.4, -0.2) is 30.2 Å². The molecule has 1 aliphatic rings. The third-order valence-corrected chi connectivity index (χ3v) is 1.78. The van der Waals surface area contributed by atoms with Crippen molar-refractivity contribution < 1.29 is 19.1 Å². The molecule has 15 heavy (non-hydrogen) atoms. The first-order valence-corrected chi connectivity index (χ1v) is 4.72. The van der Waals surface area contributed by atoms with Crippen molar-refractivity contribution in [2.45, 2.75) is 26.2 Å². The molecule has 0 fully saturated rings. The van der Waals surface area contributed by atoms with E-state index in [0.29, 0.717) is 0 Å². The largest absolute Gasteiger partial charge is 0.461 e. The average molecular weight is 212 g/mol. The molecular weight excluding hydrogens is 200 g/mol. The van der Waals surface area contributed by atoms with Gasteiger partial charge in [0.2, 0.25) is 5.91 Å². The van der Waals surface area contributed by atoms with Gasteiger partial charge in [0.15, 0.2) is 0 Å². The van der Waals surface area contributed by atoms with Crippen molar-refractivity contribution in [2.24, 2.45) is 4.99 Å². The maximum Gasteiger partial charge on any atom is 0.353 e. The predicted molar refractivity (Wildman–Crippen MR) is 51.5 cm³/mol. The molecule has 0 saturated carbocycles. The van der Waals surface area contributed by atoms with Gasteiger partial charge in [0.1, 0.15) is 5.71 Å². The maximum absolute atomic E-state index is 11.3. The number of nitrogens with zero attached hydrogens (tertiary/aromatic N) is 1. The number of imide groups is 1. The zero-order valence-electron chi connectivity index (χ0n) is 8.41. The van der Waals surface area contributed by atoms with E-state index in [-0.39, 0.29) is 18.7 Å². The summed E-state index contributed by atoms with van der Waals surface area (Å²) < 4.78 is 4.82. The summed E-state index contributed by atoms with van der Waals surface area (Å²) in [6.45, 7) is 2.24. The lowest BCUT2D eigenvalue weighted by Gasteiger charge is -2.10. The summed E-state index contributed by atoms with van der Waals surface area (Å²) in [7, 11) is 0. The van der Waals surface area contributed by atoms with E-state index in [2.05, 4.69) is 4.99 Å². The lowest BCUT2D eigenvalue weighted by atomic mass is 10.2. The van der Waals surface area contributed by atoms with E-state index in [1.165, 1.54) is 0 Å². The van der Waals surface area contributed by atoms with Crippen LogP contribution in [-0.2, 0) is 14.3 Å². The number of rotatable bonds is 4. The number of unbranched alkanes of at least 4 members (excludes halogenated alkanes) is 1. The fourth-order valence-electron chi connectivity index (χ4n) is 1.02. The fourth-order valence-corrected chi connectivity index (χ4v) is 1.02. The van der Waals surface area contributed by atoms with Gasteiger partial charge in [0, 0.05) is 0 Å². The molecule has 0 atom stereocenters. The molecular formula is C9H12N2O4. The Kier molecular flexibility index (Phi) is 3.96. The highest BCUT2D eigenvalue weighted by molar-refractivity contribution is 6.43. The van der Waals surface area contributed by atoms with Gasteiger partial charge >= 0.3 is 12.0 Å². The Labute approximate surface area is 86.7 Å². The van der Waals surface area contributed by atoms with Crippen molar-refractivity contribution in [2.75, 3.05) is 6.61 Å². The summed E-state index contributed by atoms with van der Waals surface area (Å²) in [6.07, 6.45) is 1.45. The molecule has 1 heterocycles. The minimum Gasteiger partial charge on any atom is -0.461 e. The monoisotopic (exact) mass is 212 g/mol. The van der Waals surface area contributed by atoms with Gasteiger partial charge in [-0.05, 0) is 6.42 Å². The molecule has 3 amide bonds. The summed E-state index contributed by atoms with van der Waals surface area (Å²) in [5, 5.41) is 1.96. The van der Waals surface area contributed by atoms with Gasteiger partial charge in [-0.2, -0.15) is 4.99 Å². The quantitative estimate of drug-likeness (QED) is 0.540. The summed E-state index contributed by atoms with van der Waals surface area (Å²) in [4.78, 5) is 36.4. The molecule has 0 unspecified atom stereocenters. The number of aliphatic imine (C=N–C) groups is 1. The first-order chi connectivity index (χ1) is 7.13. The third kappa shape index (κ3) is 3.49. The van der Waals surface area contributed by atoms with Gasteiger partial charge in [0.05, 0.1) is 13.0 Å². The van der Waals surface area contributed by atoms with Gasteiger partial charge in [-0.3, -0.25) is 10.1 Å². The average Bonchev–Trinajstić information content (AvgIpc) is 2.16. The second-order valence-corrected chi connectivity index (χ2v) is 3.08. The van der Waals surface area contributed by atoms with Crippen LogP contribution in [0.1, 0.15) is 26.2 Å². The van der Waals surface area contributed by atoms with Crippen molar-refractivity contribution in [1.82, 2.24) is 5.32 Å². The topological polar surface area (TPSA) is 84.8 Å². The zero-order chi connectivity index (χ0) is 11.3. The van der Waals surface area contributed by atoms with Crippen molar-refractivity contribution >= 4 is 23.6 Å². The Morgan fingerprint density at radius 2 is 2.27 bits per heavy atom. The second kappa shape index (κ2) is 5.23. The number of esters is 1. The van der Waals surface area contributed by atoms with Crippen LogP contribution in [0, 0.1) is 0 Å². The summed E-state index contributed by atoms with van der Waals surface area (Å²) in [5.41, 5.74) is -0.125. The number of hydrogen-bond acceptors (Lipinski definition) is 4. The number of nitrogens with one attached hydrogen (secondary N) is 1. The molecule has 0 aliphatic carbocycles. The number of carbonyl (C=O) groups is 3. The van der Waals surface area contributed by atoms with Crippen molar-refractivity contribution in [3.63, 3.8) is 0 Å². The Hall–Kier alpha value is -1.72. The van der Waals surface area contributed by atoms with Crippen molar-refractivity contribution in [3.05, 3.63) is 0 Å². The third-order valence-electron chi connectivity index (χ3n) is 1.78. The molecule has 6 heteroatoms. The standard InChI is InChI=1S/C9H12N2O4/c1-2-3-4-15-8(13)6-5-7(12)11-9(14)10-6/h2-5H2,1H3,(H,11,12,14). The van der Waals surface area contributed by atoms with Crippen LogP contribution >= 0.6 is 0 Å². The molecule has 0 aromatic heterocycles. The Bertz CT molecular complexity index is 322. The smallest absolute Gasteiger partial charge is 0.353 e. The first-order valence-electron chi connectivity index (χ1n) is 4.72. The van der Waals surface area contributed by atoms with Crippen LogP contribution in [0.15, 0.2) is 4.99 Å². The second-order valence-electron chi connectivity index (χ2n) is 3.08. The number of amides is 3. The van der Waals surface area contributed by atoms with Gasteiger partial charge in [-0.1, -0.05) is 13.3 Å². The van der Waals surface area contributed by atoms with Crippen LogP contribution in [0.4, 0.5) is 4.79 Å². The van der Waals surface area contributed by atoms with Crippen LogP contribution in [0.5, 0.6) is 0 Å². The molecule has 0 saturated heterocycles. The van der Waals surface area contributed by atoms with E-state index in [4.69, 9.17) is 4.74 Å². The molecule has 0 aromatic carbocycles. The highest BCUT2D eigenvalue weighted by Crippen LogP contribution is 2.00. The zero-order valence-corrected chi connectivity index (χ0v) is 8.41. The summed E-state index contributed by atoms with van der Waals surface area (Å²) >= 11 is 0. The normalized spacial score (nSPS) is 15.7. The van der Waals surface area contributed by atoms with Crippen LogP contribution in [0.3, 0.4) is 0 Å². The molecule has 1 aliphatic heterocycles. The molecule has 82 valence electrons. The van der Waals surface area contributed by atoms with E-state index >= 15 is 0 Å². The summed E-state index contributed by atoms with van der Waals surface area (Å²) in [5.74, 6) is -1.22. The van der Waals surface area contributed by atoms with Crippen LogP contribution < -0.4 is 5.32 Å². The van der Waals surface area contributed by atoms with Crippen LogP contribution in [0.2, 0.25) is 0 Å². The first kappa shape index (κ1) is 11.4. The Morgan fingerprint density at radius 1 is 1.53 bits per heavy atom. The van der Waals surface area contributed by atoms with Gasteiger partial charge in [0.25, 0.3) is 0 Å². The minimum atomic E-state index is -0.811. The number of ether oxygens (including phenoxy) is 1. The van der Waals surface area contributed by atoms with Crippen molar-refractivity contribution in [3.8, 4) is 0 Å². The molecule has 1 N–H and O–H groups in total. The molecule has 0 radical (unpaired) electrons. The highest BCUT2D eigenvalue weighted by atomic mass is 16.5. The predicted octanol–water partition coefficient (Wildman–Crippen LogP) is 0.411. The van der Waals surface area contributed by atoms with E-state index in [1.54, 1.807) is 0 Å². The van der Waals surface area contributed by atoms with Crippen LogP contribution in [0.25, 0.3) is 0 Å². The van der Waals surface area contributed by atoms with E-state index in [0.717, 1.165) is 12.8 Å². The SMILES string of the molecule is CCCCOC(=O)C1=NC(=O)NC(=O)C1. The minimum absolute atomic E-state index is 0.125. The Balaban J connectivity index is 2.51. The van der Waals surface area contributed by atoms with Gasteiger partial charge in [-0.25, -0.2) is 9.59 Å². The molecule has 0 aromatic rings. The number of carbonyl (C=O) groups excluding carboxylic acids is 3. The fraction of sp³-hybridized carbons (Fsp3) is 0.556. The van der Waals surface area contributed by atoms with E-state index < -0.39 is 17.9 Å². The lowest BCUT2D eigenvalue weighted by Crippen LogP contribution is -2.38. The molecule has 0 bridgehead atoms. The van der Waals surface area contributed by atoms with E-state index in [1.807, 2.05) is 12.2 Å². The van der Waals surface area contributed by atoms with E-state index in [9.17, 15) is 14.4 Å². The number of urea groups is 1. The maximum atomic E-state index is 11.3. The lowest BCUT2D eigenvalue weighted by molar-refractivity contribution is -0.136.